The van der Waals surface area contributed by atoms with Crippen LogP contribution in [0.2, 0.25) is 33.2 Å². The first-order valence-electron chi connectivity index (χ1n) is 19.9. The molecule has 0 bridgehead atoms. The van der Waals surface area contributed by atoms with Crippen molar-refractivity contribution in [3.05, 3.63) is 83.9 Å². The molecule has 0 N–H and O–H groups in total. The molecule has 2 fully saturated rings. The van der Waals surface area contributed by atoms with Crippen LogP contribution in [0, 0.1) is 22.9 Å². The largest absolute Gasteiger partial charge is 0.147 e. The van der Waals surface area contributed by atoms with Crippen LogP contribution < -0.4 is 0 Å². The van der Waals surface area contributed by atoms with Crippen molar-refractivity contribution >= 4 is 59.2 Å². The molecular formula is C48H58Si2. The van der Waals surface area contributed by atoms with Gasteiger partial charge in [-0.2, -0.15) is 0 Å². The maximum absolute atomic E-state index is 4.27. The summed E-state index contributed by atoms with van der Waals surface area (Å²) in [5.74, 6) is 8.19. The van der Waals surface area contributed by atoms with Gasteiger partial charge in [0, 0.05) is 11.1 Å². The van der Waals surface area contributed by atoms with E-state index in [0.717, 1.165) is 11.1 Å². The van der Waals surface area contributed by atoms with Crippen LogP contribution in [0.3, 0.4) is 0 Å². The van der Waals surface area contributed by atoms with Gasteiger partial charge in [-0.05, 0) is 101 Å². The third-order valence-electron chi connectivity index (χ3n) is 13.5. The van der Waals surface area contributed by atoms with Crippen LogP contribution in [0.5, 0.6) is 0 Å². The molecule has 258 valence electrons. The molecule has 0 spiro atoms. The molecule has 5 aromatic carbocycles. The molecular weight excluding hydrogens is 633 g/mol. The second kappa shape index (κ2) is 14.0. The number of hydrogen-bond donors (Lipinski definition) is 0. The van der Waals surface area contributed by atoms with Crippen molar-refractivity contribution in [1.29, 1.82) is 0 Å². The molecule has 0 unspecified atom stereocenters. The third-order valence-corrected chi connectivity index (χ3v) is 26.2. The molecule has 0 saturated heterocycles. The highest BCUT2D eigenvalue weighted by atomic mass is 28.3. The molecule has 0 nitrogen and oxygen atoms in total. The lowest BCUT2D eigenvalue weighted by molar-refractivity contribution is 0.764. The van der Waals surface area contributed by atoms with Gasteiger partial charge in [-0.15, -0.1) is 11.1 Å². The van der Waals surface area contributed by atoms with Gasteiger partial charge >= 0.3 is 0 Å². The van der Waals surface area contributed by atoms with Crippen LogP contribution in [0.1, 0.15) is 118 Å². The zero-order valence-electron chi connectivity index (χ0n) is 32.0. The topological polar surface area (TPSA) is 0 Å². The minimum Gasteiger partial charge on any atom is -0.125 e. The fourth-order valence-electron chi connectivity index (χ4n) is 11.0. The monoisotopic (exact) mass is 690 g/mol. The quantitative estimate of drug-likeness (QED) is 0.0945. The molecule has 2 heteroatoms. The van der Waals surface area contributed by atoms with Crippen LogP contribution in [0.4, 0.5) is 0 Å². The summed E-state index contributed by atoms with van der Waals surface area (Å²) in [5.41, 5.74) is 15.1. The lowest BCUT2D eigenvalue weighted by atomic mass is 9.89. The summed E-state index contributed by atoms with van der Waals surface area (Å²) in [6.45, 7) is 19.9. The Labute approximate surface area is 304 Å². The molecule has 0 heterocycles. The Morgan fingerprint density at radius 2 is 0.700 bits per heavy atom. The fourth-order valence-corrected chi connectivity index (χ4v) is 22.4. The minimum absolute atomic E-state index is 0.628. The van der Waals surface area contributed by atoms with Gasteiger partial charge in [-0.1, -0.05) is 167 Å². The Balaban J connectivity index is 1.61. The van der Waals surface area contributed by atoms with E-state index < -0.39 is 16.1 Å². The summed E-state index contributed by atoms with van der Waals surface area (Å²) in [4.78, 5) is 0. The fraction of sp³-hybridized carbons (Fsp3) is 0.458. The van der Waals surface area contributed by atoms with E-state index in [4.69, 9.17) is 0 Å². The van der Waals surface area contributed by atoms with E-state index in [1.807, 2.05) is 0 Å². The predicted molar refractivity (Wildman–Crippen MR) is 227 cm³/mol. The number of rotatable bonds is 6. The first kappa shape index (κ1) is 35.1. The molecule has 0 radical (unpaired) electrons. The van der Waals surface area contributed by atoms with Gasteiger partial charge in [0.1, 0.15) is 16.1 Å². The molecule has 2 aliphatic carbocycles. The average Bonchev–Trinajstić information content (AvgIpc) is 3.83. The summed E-state index contributed by atoms with van der Waals surface area (Å²) in [6.07, 6.45) is 10.9. The molecule has 50 heavy (non-hydrogen) atoms. The molecule has 0 aliphatic heterocycles. The number of benzene rings is 5. The van der Waals surface area contributed by atoms with Crippen molar-refractivity contribution < 1.29 is 0 Å². The highest BCUT2D eigenvalue weighted by Crippen LogP contribution is 2.51. The Hall–Kier alpha value is -3.31. The molecule has 0 aromatic heterocycles. The standard InChI is InChI=1S/C48H58Si2/c1-33(2)49(34(3)4,41-21-13-14-22-41)27-25-43-45-29-37-17-9-11-19-39(37)31-47(45)44(48-32-40-20-12-10-18-38(40)30-46(43)48)26-28-50(35(5)6,36(7)8)42-23-15-16-24-42/h9-12,17-20,29-36,41-42H,13-16,21-24H2,1-8H3. The summed E-state index contributed by atoms with van der Waals surface area (Å²) >= 11 is 0. The third kappa shape index (κ3) is 5.86. The molecule has 5 aromatic rings. The van der Waals surface area contributed by atoms with Gasteiger partial charge in [0.15, 0.2) is 0 Å². The van der Waals surface area contributed by atoms with Crippen LogP contribution in [-0.4, -0.2) is 16.1 Å². The van der Waals surface area contributed by atoms with Crippen LogP contribution in [0.25, 0.3) is 43.1 Å². The second-order valence-corrected chi connectivity index (χ2v) is 27.7. The van der Waals surface area contributed by atoms with Crippen molar-refractivity contribution in [2.45, 2.75) is 140 Å². The Bertz CT molecular complexity index is 1900. The van der Waals surface area contributed by atoms with E-state index in [-0.39, 0.29) is 0 Å². The molecule has 7 rings (SSSR count). The first-order valence-corrected chi connectivity index (χ1v) is 24.4. The van der Waals surface area contributed by atoms with E-state index in [2.05, 4.69) is 151 Å². The molecule has 2 aliphatic rings. The maximum atomic E-state index is 4.27. The minimum atomic E-state index is -1.96. The van der Waals surface area contributed by atoms with Crippen LogP contribution in [-0.2, 0) is 0 Å². The van der Waals surface area contributed by atoms with Gasteiger partial charge in [0.2, 0.25) is 0 Å². The predicted octanol–water partition coefficient (Wildman–Crippen LogP) is 14.5. The first-order chi connectivity index (χ1) is 24.1. The van der Waals surface area contributed by atoms with Crippen LogP contribution >= 0.6 is 0 Å². The van der Waals surface area contributed by atoms with Crippen molar-refractivity contribution in [1.82, 2.24) is 0 Å². The molecule has 0 amide bonds. The Kier molecular flexibility index (Phi) is 9.84. The van der Waals surface area contributed by atoms with E-state index in [1.54, 1.807) is 0 Å². The molecule has 0 atom stereocenters. The van der Waals surface area contributed by atoms with Crippen molar-refractivity contribution in [3.8, 4) is 22.9 Å². The summed E-state index contributed by atoms with van der Waals surface area (Å²) in [6, 6.07) is 27.6. The smallest absolute Gasteiger partial charge is 0.125 e. The average molecular weight is 691 g/mol. The Morgan fingerprint density at radius 3 is 0.940 bits per heavy atom. The zero-order valence-corrected chi connectivity index (χ0v) is 34.0. The van der Waals surface area contributed by atoms with Crippen molar-refractivity contribution in [2.75, 3.05) is 0 Å². The maximum Gasteiger partial charge on any atom is 0.147 e. The summed E-state index contributed by atoms with van der Waals surface area (Å²) in [7, 11) is -3.92. The highest BCUT2D eigenvalue weighted by Gasteiger charge is 2.48. The number of fused-ring (bicyclic) bond motifs is 4. The summed E-state index contributed by atoms with van der Waals surface area (Å²) in [5, 5.41) is 10.3. The van der Waals surface area contributed by atoms with Crippen LogP contribution in [0.15, 0.2) is 72.8 Å². The van der Waals surface area contributed by atoms with E-state index >= 15 is 0 Å². The van der Waals surface area contributed by atoms with E-state index in [0.29, 0.717) is 22.2 Å². The zero-order chi connectivity index (χ0) is 35.2. The van der Waals surface area contributed by atoms with E-state index in [1.165, 1.54) is 106 Å². The van der Waals surface area contributed by atoms with Gasteiger partial charge < -0.3 is 0 Å². The second-order valence-electron chi connectivity index (χ2n) is 17.2. The van der Waals surface area contributed by atoms with Gasteiger partial charge in [-0.25, -0.2) is 0 Å². The SMILES string of the molecule is CC(C)[Si](C#Cc1c2cc3ccccc3cc2c(C#C[Si](C(C)C)(C(C)C)C2CCCC2)c2cc3ccccc3cc12)(C(C)C)C1CCCC1. The van der Waals surface area contributed by atoms with Gasteiger partial charge in [0.05, 0.1) is 0 Å². The normalized spacial score (nSPS) is 16.4. The lowest BCUT2D eigenvalue weighted by Gasteiger charge is -2.39. The lowest BCUT2D eigenvalue weighted by Crippen LogP contribution is -2.44. The van der Waals surface area contributed by atoms with E-state index in [9.17, 15) is 0 Å². The Morgan fingerprint density at radius 1 is 0.440 bits per heavy atom. The summed E-state index contributed by atoms with van der Waals surface area (Å²) < 4.78 is 0. The molecule has 2 saturated carbocycles. The highest BCUT2D eigenvalue weighted by molar-refractivity contribution is 6.91. The number of hydrogen-bond acceptors (Lipinski definition) is 0. The van der Waals surface area contributed by atoms with Gasteiger partial charge in [-0.3, -0.25) is 0 Å². The van der Waals surface area contributed by atoms with Gasteiger partial charge in [0.25, 0.3) is 0 Å². The van der Waals surface area contributed by atoms with Crippen molar-refractivity contribution in [2.24, 2.45) is 0 Å². The van der Waals surface area contributed by atoms with Crippen molar-refractivity contribution in [3.63, 3.8) is 0 Å².